The fraction of sp³-hybridized carbons (Fsp3) is 0.847. The number of carbonyl (C=O) groups excluding carboxylic acids is 3. The van der Waals surface area contributed by atoms with Gasteiger partial charge in [-0.1, -0.05) is 320 Å². The van der Waals surface area contributed by atoms with E-state index in [1.807, 2.05) is 0 Å². The summed E-state index contributed by atoms with van der Waals surface area (Å²) in [6, 6.07) is 0. The van der Waals surface area contributed by atoms with Crippen molar-refractivity contribution in [3.63, 3.8) is 0 Å². The summed E-state index contributed by atoms with van der Waals surface area (Å²) in [5.74, 6) is -0.854. The Hall–Kier alpha value is -2.63. The highest BCUT2D eigenvalue weighted by atomic mass is 16.6. The van der Waals surface area contributed by atoms with Crippen LogP contribution in [0.5, 0.6) is 0 Å². The van der Waals surface area contributed by atoms with Gasteiger partial charge in [-0.2, -0.15) is 0 Å². The lowest BCUT2D eigenvalue weighted by Gasteiger charge is -2.18. The number of hydrogen-bond acceptors (Lipinski definition) is 6. The van der Waals surface area contributed by atoms with Gasteiger partial charge in [0.25, 0.3) is 0 Å². The maximum absolute atomic E-state index is 12.9. The van der Waals surface area contributed by atoms with E-state index in [2.05, 4.69) is 69.4 Å². The summed E-state index contributed by atoms with van der Waals surface area (Å²) in [5, 5.41) is 0. The van der Waals surface area contributed by atoms with Crippen LogP contribution in [0.25, 0.3) is 0 Å². The van der Waals surface area contributed by atoms with Crippen molar-refractivity contribution in [3.8, 4) is 0 Å². The first-order chi connectivity index (χ1) is 38.5. The fourth-order valence-corrected chi connectivity index (χ4v) is 10.3. The van der Waals surface area contributed by atoms with Crippen molar-refractivity contribution in [3.05, 3.63) is 48.6 Å². The molecule has 0 aliphatic rings. The minimum Gasteiger partial charge on any atom is -0.462 e. The molecule has 6 nitrogen and oxygen atoms in total. The number of carbonyl (C=O) groups is 3. The first-order valence-electron chi connectivity index (χ1n) is 34.6. The Morgan fingerprint density at radius 1 is 0.256 bits per heavy atom. The SMILES string of the molecule is CCCCCCC/C=C\C/C=C\C/C=C\CCCCCCCCCCCCCCCCCCC(=O)OCC(COC(=O)CCCCCCCCCC)OC(=O)CCCCCCCCCCC/C=C\CCCCCCCCCC. The third kappa shape index (κ3) is 64.2. The second-order valence-corrected chi connectivity index (χ2v) is 23.4. The molecule has 0 spiro atoms. The van der Waals surface area contributed by atoms with Crippen molar-refractivity contribution in [2.24, 2.45) is 0 Å². The van der Waals surface area contributed by atoms with Crippen LogP contribution in [-0.4, -0.2) is 37.2 Å². The Kier molecular flexibility index (Phi) is 64.6. The second kappa shape index (κ2) is 66.9. The average molecular weight is 1090 g/mol. The molecule has 0 aliphatic carbocycles. The molecule has 0 fully saturated rings. The third-order valence-electron chi connectivity index (χ3n) is 15.6. The van der Waals surface area contributed by atoms with Gasteiger partial charge in [-0.15, -0.1) is 0 Å². The molecule has 1 unspecified atom stereocenters. The van der Waals surface area contributed by atoms with E-state index < -0.39 is 6.10 Å². The van der Waals surface area contributed by atoms with Crippen LogP contribution < -0.4 is 0 Å². The molecule has 0 heterocycles. The van der Waals surface area contributed by atoms with Gasteiger partial charge in [-0.25, -0.2) is 0 Å². The van der Waals surface area contributed by atoms with Crippen molar-refractivity contribution in [2.75, 3.05) is 13.2 Å². The molecule has 0 saturated heterocycles. The van der Waals surface area contributed by atoms with E-state index in [1.54, 1.807) is 0 Å². The Morgan fingerprint density at radius 3 is 0.731 bits per heavy atom. The lowest BCUT2D eigenvalue weighted by molar-refractivity contribution is -0.167. The first-order valence-corrected chi connectivity index (χ1v) is 34.6. The van der Waals surface area contributed by atoms with Gasteiger partial charge in [0.15, 0.2) is 6.10 Å². The number of unbranched alkanes of at least 4 members (excludes halogenated alkanes) is 45. The third-order valence-corrected chi connectivity index (χ3v) is 15.6. The van der Waals surface area contributed by atoms with Gasteiger partial charge in [-0.3, -0.25) is 14.4 Å². The van der Waals surface area contributed by atoms with Crippen LogP contribution in [0.1, 0.15) is 374 Å². The summed E-state index contributed by atoms with van der Waals surface area (Å²) in [4.78, 5) is 38.2. The maximum atomic E-state index is 12.9. The smallest absolute Gasteiger partial charge is 0.306 e. The minimum atomic E-state index is -0.770. The van der Waals surface area contributed by atoms with Crippen molar-refractivity contribution < 1.29 is 28.6 Å². The quantitative estimate of drug-likeness (QED) is 0.0261. The number of rotatable bonds is 64. The first kappa shape index (κ1) is 75.4. The molecular weight excluding hydrogens is 961 g/mol. The van der Waals surface area contributed by atoms with E-state index in [9.17, 15) is 14.4 Å². The monoisotopic (exact) mass is 1090 g/mol. The van der Waals surface area contributed by atoms with Gasteiger partial charge in [0, 0.05) is 19.3 Å². The summed E-state index contributed by atoms with van der Waals surface area (Å²) >= 11 is 0. The van der Waals surface area contributed by atoms with E-state index in [1.165, 1.54) is 263 Å². The largest absolute Gasteiger partial charge is 0.462 e. The molecule has 1 atom stereocenters. The van der Waals surface area contributed by atoms with Crippen molar-refractivity contribution in [1.29, 1.82) is 0 Å². The molecule has 0 aromatic heterocycles. The van der Waals surface area contributed by atoms with E-state index in [4.69, 9.17) is 14.2 Å². The molecule has 0 N–H and O–H groups in total. The molecule has 0 amide bonds. The second-order valence-electron chi connectivity index (χ2n) is 23.4. The number of hydrogen-bond donors (Lipinski definition) is 0. The zero-order valence-corrected chi connectivity index (χ0v) is 52.5. The summed E-state index contributed by atoms with van der Waals surface area (Å²) in [6.45, 7) is 6.65. The summed E-state index contributed by atoms with van der Waals surface area (Å²) in [7, 11) is 0. The van der Waals surface area contributed by atoms with Gasteiger partial charge in [-0.05, 0) is 83.5 Å². The number of esters is 3. The van der Waals surface area contributed by atoms with Crippen molar-refractivity contribution in [2.45, 2.75) is 380 Å². The van der Waals surface area contributed by atoms with Crippen LogP contribution in [0.4, 0.5) is 0 Å². The molecule has 0 aliphatic heterocycles. The molecule has 78 heavy (non-hydrogen) atoms. The lowest BCUT2D eigenvalue weighted by atomic mass is 10.0. The molecule has 0 aromatic carbocycles. The van der Waals surface area contributed by atoms with Gasteiger partial charge in [0.1, 0.15) is 13.2 Å². The highest BCUT2D eigenvalue weighted by Gasteiger charge is 2.19. The van der Waals surface area contributed by atoms with Crippen molar-refractivity contribution in [1.82, 2.24) is 0 Å². The Bertz CT molecular complexity index is 1350. The molecule has 0 rings (SSSR count). The average Bonchev–Trinajstić information content (AvgIpc) is 3.44. The van der Waals surface area contributed by atoms with E-state index in [0.29, 0.717) is 19.3 Å². The Balaban J connectivity index is 4.07. The van der Waals surface area contributed by atoms with Crippen LogP contribution in [0, 0.1) is 0 Å². The maximum Gasteiger partial charge on any atom is 0.306 e. The Labute approximate surface area is 486 Å². The molecule has 0 saturated carbocycles. The van der Waals surface area contributed by atoms with E-state index >= 15 is 0 Å². The highest BCUT2D eigenvalue weighted by Crippen LogP contribution is 2.18. The van der Waals surface area contributed by atoms with Gasteiger partial charge >= 0.3 is 17.9 Å². The van der Waals surface area contributed by atoms with Crippen LogP contribution >= 0.6 is 0 Å². The summed E-state index contributed by atoms with van der Waals surface area (Å²) < 4.78 is 16.9. The van der Waals surface area contributed by atoms with Crippen LogP contribution in [0.2, 0.25) is 0 Å². The molecule has 6 heteroatoms. The van der Waals surface area contributed by atoms with Gasteiger partial charge in [0.2, 0.25) is 0 Å². The summed E-state index contributed by atoms with van der Waals surface area (Å²) in [6.07, 6.45) is 84.4. The molecule has 0 aromatic rings. The van der Waals surface area contributed by atoms with Crippen LogP contribution in [-0.2, 0) is 28.6 Å². The highest BCUT2D eigenvalue weighted by molar-refractivity contribution is 5.71. The topological polar surface area (TPSA) is 78.9 Å². The van der Waals surface area contributed by atoms with E-state index in [-0.39, 0.29) is 31.1 Å². The molecule has 456 valence electrons. The zero-order chi connectivity index (χ0) is 56.4. The number of allylic oxidation sites excluding steroid dienone is 8. The lowest BCUT2D eigenvalue weighted by Crippen LogP contribution is -2.30. The van der Waals surface area contributed by atoms with Gasteiger partial charge < -0.3 is 14.2 Å². The Morgan fingerprint density at radius 2 is 0.462 bits per heavy atom. The molecule has 0 bridgehead atoms. The predicted octanol–water partition coefficient (Wildman–Crippen LogP) is 23.7. The predicted molar refractivity (Wildman–Crippen MR) is 339 cm³/mol. The van der Waals surface area contributed by atoms with E-state index in [0.717, 1.165) is 70.6 Å². The number of ether oxygens (including phenoxy) is 3. The molecular formula is C72H132O6. The van der Waals surface area contributed by atoms with Gasteiger partial charge in [0.05, 0.1) is 0 Å². The van der Waals surface area contributed by atoms with Crippen LogP contribution in [0.15, 0.2) is 48.6 Å². The zero-order valence-electron chi connectivity index (χ0n) is 52.5. The van der Waals surface area contributed by atoms with Crippen molar-refractivity contribution >= 4 is 17.9 Å². The standard InChI is InChI=1S/C72H132O6/c1-4-7-10-13-16-19-21-23-25-27-29-31-32-33-34-35-36-37-38-39-40-42-43-45-47-49-51-53-56-59-62-65-71(74)77-68-69(67-76-70(73)64-61-58-55-18-15-12-9-6-3)78-72(75)66-63-60-57-54-52-50-48-46-44-41-30-28-26-24-22-20-17-14-11-8-5-2/h21,23,27-30,32-33,69H,4-20,22,24-26,31,34-68H2,1-3H3/b23-21-,29-27-,30-28-,33-32-. The minimum absolute atomic E-state index is 0.0694. The van der Waals surface area contributed by atoms with Crippen LogP contribution in [0.3, 0.4) is 0 Å². The fourth-order valence-electron chi connectivity index (χ4n) is 10.3. The summed E-state index contributed by atoms with van der Waals surface area (Å²) in [5.41, 5.74) is 0. The normalized spacial score (nSPS) is 12.3. The molecule has 0 radical (unpaired) electrons.